The van der Waals surface area contributed by atoms with Crippen molar-refractivity contribution in [2.45, 2.75) is 13.3 Å². The molecule has 0 N–H and O–H groups in total. The first-order valence-corrected chi connectivity index (χ1v) is 9.87. The molecule has 0 atom stereocenters. The Morgan fingerprint density at radius 1 is 1.14 bits per heavy atom. The molecule has 0 radical (unpaired) electrons. The summed E-state index contributed by atoms with van der Waals surface area (Å²) in [4.78, 5) is 19.6. The molecule has 0 fully saturated rings. The highest BCUT2D eigenvalue weighted by Crippen LogP contribution is 2.35. The summed E-state index contributed by atoms with van der Waals surface area (Å²) in [5.74, 6) is 2.41. The lowest BCUT2D eigenvalue weighted by Gasteiger charge is -2.28. The van der Waals surface area contributed by atoms with Gasteiger partial charge in [-0.05, 0) is 25.5 Å². The second kappa shape index (κ2) is 10.5. The van der Waals surface area contributed by atoms with Crippen LogP contribution in [-0.2, 0) is 0 Å². The molecule has 1 heterocycles. The molecule has 2 aromatic carbocycles. The Labute approximate surface area is 180 Å². The number of anilines is 1. The van der Waals surface area contributed by atoms with E-state index >= 15 is 0 Å². The number of ether oxygens (including phenoxy) is 2. The number of ketones is 1. The van der Waals surface area contributed by atoms with Gasteiger partial charge in [-0.3, -0.25) is 9.79 Å². The van der Waals surface area contributed by atoms with Gasteiger partial charge in [-0.1, -0.05) is 41.6 Å². The molecule has 2 aromatic rings. The number of carbonyl (C=O) groups is 1. The molecular formula is C21H25BrN2O3S. The average Bonchev–Trinajstić information content (AvgIpc) is 2.72. The van der Waals surface area contributed by atoms with Crippen LogP contribution in [-0.4, -0.2) is 44.0 Å². The normalized spacial score (nSPS) is 13.2. The van der Waals surface area contributed by atoms with E-state index in [0.29, 0.717) is 17.1 Å². The topological polar surface area (TPSA) is 51.1 Å². The molecule has 0 saturated heterocycles. The van der Waals surface area contributed by atoms with E-state index in [9.17, 15) is 4.79 Å². The number of methoxy groups -OCH3 is 2. The van der Waals surface area contributed by atoms with Crippen LogP contribution in [0.15, 0.2) is 47.5 Å². The molecule has 5 nitrogen and oxygen atoms in total. The number of carbonyl (C=O) groups excluding carboxylic acids is 1. The van der Waals surface area contributed by atoms with E-state index < -0.39 is 0 Å². The average molecular weight is 465 g/mol. The van der Waals surface area contributed by atoms with Gasteiger partial charge in [-0.2, -0.15) is 0 Å². The van der Waals surface area contributed by atoms with Crippen LogP contribution in [0.3, 0.4) is 0 Å². The minimum atomic E-state index is 0. The summed E-state index contributed by atoms with van der Waals surface area (Å²) in [6.07, 6.45) is 1.04. The van der Waals surface area contributed by atoms with Gasteiger partial charge in [0.05, 0.1) is 26.5 Å². The Bertz CT molecular complexity index is 840. The van der Waals surface area contributed by atoms with Crippen molar-refractivity contribution in [2.24, 2.45) is 4.99 Å². The molecule has 3 rings (SSSR count). The maximum absolute atomic E-state index is 13.0. The second-order valence-electron chi connectivity index (χ2n) is 6.28. The molecule has 1 aliphatic rings. The zero-order valence-corrected chi connectivity index (χ0v) is 18.8. The molecule has 0 amide bonds. The van der Waals surface area contributed by atoms with Gasteiger partial charge in [0.15, 0.2) is 11.0 Å². The first-order chi connectivity index (χ1) is 13.1. The van der Waals surface area contributed by atoms with Crippen molar-refractivity contribution in [2.75, 3.05) is 38.0 Å². The molecule has 0 saturated carbocycles. The van der Waals surface area contributed by atoms with Crippen molar-refractivity contribution in [1.29, 1.82) is 0 Å². The van der Waals surface area contributed by atoms with Gasteiger partial charge in [-0.15, -0.1) is 17.0 Å². The number of nitrogens with zero attached hydrogens (tertiary/aromatic N) is 2. The van der Waals surface area contributed by atoms with Gasteiger partial charge < -0.3 is 14.4 Å². The monoisotopic (exact) mass is 464 g/mol. The van der Waals surface area contributed by atoms with E-state index in [1.54, 1.807) is 26.0 Å². The highest BCUT2D eigenvalue weighted by Gasteiger charge is 2.24. The predicted molar refractivity (Wildman–Crippen MR) is 122 cm³/mol. The Morgan fingerprint density at radius 2 is 1.89 bits per heavy atom. The molecule has 0 spiro atoms. The quantitative estimate of drug-likeness (QED) is 0.576. The molecule has 0 bridgehead atoms. The molecule has 0 aliphatic carbocycles. The number of amidine groups is 1. The second-order valence-corrected chi connectivity index (χ2v) is 7.34. The fraction of sp³-hybridized carbons (Fsp3) is 0.333. The number of hydrogen-bond donors (Lipinski definition) is 0. The van der Waals surface area contributed by atoms with Gasteiger partial charge in [0.2, 0.25) is 0 Å². The molecule has 0 unspecified atom stereocenters. The van der Waals surface area contributed by atoms with Crippen LogP contribution in [0, 0.1) is 6.92 Å². The largest absolute Gasteiger partial charge is 0.497 e. The number of thioether (sulfide) groups is 1. The summed E-state index contributed by atoms with van der Waals surface area (Å²) in [6.45, 7) is 2.97. The Kier molecular flexibility index (Phi) is 8.38. The molecule has 0 aromatic heterocycles. The van der Waals surface area contributed by atoms with Crippen molar-refractivity contribution in [3.63, 3.8) is 0 Å². The molecule has 28 heavy (non-hydrogen) atoms. The van der Waals surface area contributed by atoms with Gasteiger partial charge in [0.1, 0.15) is 11.5 Å². The van der Waals surface area contributed by atoms with Crippen LogP contribution < -0.4 is 14.4 Å². The summed E-state index contributed by atoms with van der Waals surface area (Å²) < 4.78 is 10.9. The Morgan fingerprint density at radius 3 is 2.50 bits per heavy atom. The predicted octanol–water partition coefficient (Wildman–Crippen LogP) is 4.77. The van der Waals surface area contributed by atoms with E-state index in [4.69, 9.17) is 9.47 Å². The van der Waals surface area contributed by atoms with Crippen LogP contribution in [0.1, 0.15) is 22.3 Å². The van der Waals surface area contributed by atoms with Crippen LogP contribution in [0.2, 0.25) is 0 Å². The minimum Gasteiger partial charge on any atom is -0.497 e. The number of aryl methyl sites for hydroxylation is 1. The van der Waals surface area contributed by atoms with Crippen LogP contribution in [0.25, 0.3) is 0 Å². The van der Waals surface area contributed by atoms with Gasteiger partial charge >= 0.3 is 0 Å². The molecular weight excluding hydrogens is 440 g/mol. The number of benzene rings is 2. The zero-order valence-electron chi connectivity index (χ0n) is 16.3. The van der Waals surface area contributed by atoms with E-state index in [-0.39, 0.29) is 29.3 Å². The molecule has 1 aliphatic heterocycles. The Balaban J connectivity index is 0.00000280. The van der Waals surface area contributed by atoms with Crippen molar-refractivity contribution in [3.8, 4) is 11.5 Å². The number of hydrogen-bond acceptors (Lipinski definition) is 6. The smallest absolute Gasteiger partial charge is 0.182 e. The van der Waals surface area contributed by atoms with Gasteiger partial charge in [-0.25, -0.2) is 0 Å². The van der Waals surface area contributed by atoms with Crippen molar-refractivity contribution < 1.29 is 14.3 Å². The van der Waals surface area contributed by atoms with Gasteiger partial charge in [0.25, 0.3) is 0 Å². The highest BCUT2D eigenvalue weighted by molar-refractivity contribution is 8.93. The molecule has 7 heteroatoms. The van der Waals surface area contributed by atoms with Gasteiger partial charge in [0, 0.05) is 23.9 Å². The summed E-state index contributed by atoms with van der Waals surface area (Å²) in [6, 6.07) is 13.2. The van der Waals surface area contributed by atoms with Crippen molar-refractivity contribution in [3.05, 3.63) is 53.6 Å². The van der Waals surface area contributed by atoms with Crippen molar-refractivity contribution in [1.82, 2.24) is 0 Å². The SMILES string of the molecule is Br.COc1ccc(OC)c(N(CC(=O)c2ccc(C)cc2)C2=NCCCS2)c1. The first-order valence-electron chi connectivity index (χ1n) is 8.89. The fourth-order valence-electron chi connectivity index (χ4n) is 2.85. The molecule has 150 valence electrons. The summed E-state index contributed by atoms with van der Waals surface area (Å²) in [7, 11) is 3.25. The lowest BCUT2D eigenvalue weighted by atomic mass is 10.1. The number of halogens is 1. The Hall–Kier alpha value is -1.99. The van der Waals surface area contributed by atoms with Crippen LogP contribution in [0.4, 0.5) is 5.69 Å². The first kappa shape index (κ1) is 22.3. The highest BCUT2D eigenvalue weighted by atomic mass is 79.9. The third-order valence-corrected chi connectivity index (χ3v) is 5.46. The number of aliphatic imine (C=N–C) groups is 1. The van der Waals surface area contributed by atoms with Crippen LogP contribution >= 0.6 is 28.7 Å². The zero-order chi connectivity index (χ0) is 19.2. The van der Waals surface area contributed by atoms with E-state index in [0.717, 1.165) is 35.1 Å². The van der Waals surface area contributed by atoms with Crippen LogP contribution in [0.5, 0.6) is 11.5 Å². The lowest BCUT2D eigenvalue weighted by molar-refractivity contribution is 0.100. The number of rotatable bonds is 6. The van der Waals surface area contributed by atoms with Crippen molar-refractivity contribution >= 4 is 45.4 Å². The summed E-state index contributed by atoms with van der Waals surface area (Å²) in [5, 5.41) is 0.841. The van der Waals surface area contributed by atoms with E-state index in [1.165, 1.54) is 0 Å². The third-order valence-electron chi connectivity index (χ3n) is 4.36. The third kappa shape index (κ3) is 5.29. The van der Waals surface area contributed by atoms with E-state index in [1.807, 2.05) is 54.3 Å². The maximum Gasteiger partial charge on any atom is 0.182 e. The lowest BCUT2D eigenvalue weighted by Crippen LogP contribution is -2.36. The minimum absolute atomic E-state index is 0. The maximum atomic E-state index is 13.0. The number of Topliss-reactive ketones (excluding diaryl/α,β-unsaturated/α-hetero) is 1. The summed E-state index contributed by atoms with van der Waals surface area (Å²) in [5.41, 5.74) is 2.60. The van der Waals surface area contributed by atoms with E-state index in [2.05, 4.69) is 4.99 Å². The summed E-state index contributed by atoms with van der Waals surface area (Å²) >= 11 is 1.67. The standard InChI is InChI=1S/C21H24N2O3S.BrH/c1-15-5-7-16(8-6-15)19(24)14-23(21-22-11-4-12-27-21)18-13-17(25-2)9-10-20(18)26-3;/h5-10,13H,4,11-12,14H2,1-3H3;1H. The fourth-order valence-corrected chi connectivity index (χ4v) is 3.81.